The van der Waals surface area contributed by atoms with Crippen LogP contribution in [0.25, 0.3) is 0 Å². The Bertz CT molecular complexity index is 375. The highest BCUT2D eigenvalue weighted by atomic mass is 31.2. The Balaban J connectivity index is 3.04. The summed E-state index contributed by atoms with van der Waals surface area (Å²) in [7, 11) is -5.18. The second-order valence-corrected chi connectivity index (χ2v) is 3.71. The fourth-order valence-corrected chi connectivity index (χ4v) is 1.40. The molecule has 0 saturated carbocycles. The summed E-state index contributed by atoms with van der Waals surface area (Å²) in [5, 5.41) is 0. The molecule has 0 spiro atoms. The maximum absolute atomic E-state index is 13.3. The average molecular weight is 222 g/mol. The molecule has 1 aromatic rings. The van der Waals surface area contributed by atoms with Crippen LogP contribution in [0.1, 0.15) is 12.5 Å². The standard InChI is InChI=1S/C8H9F2O3P/c1-2-6-4-3-5-7(8(6)9)13-14(10,11)12/h3-5H,2H2,1H3,(H,11,12). The van der Waals surface area contributed by atoms with Gasteiger partial charge < -0.3 is 4.52 Å². The predicted octanol–water partition coefficient (Wildman–Crippen LogP) is 2.84. The van der Waals surface area contributed by atoms with Crippen LogP contribution in [0.3, 0.4) is 0 Å². The Hall–Kier alpha value is -0.930. The Morgan fingerprint density at radius 3 is 2.71 bits per heavy atom. The summed E-state index contributed by atoms with van der Waals surface area (Å²) < 4.78 is 39.7. The summed E-state index contributed by atoms with van der Waals surface area (Å²) in [6.07, 6.45) is 0.394. The minimum Gasteiger partial charge on any atom is -0.398 e. The summed E-state index contributed by atoms with van der Waals surface area (Å²) in [6.45, 7) is 1.70. The van der Waals surface area contributed by atoms with E-state index >= 15 is 0 Å². The lowest BCUT2D eigenvalue weighted by atomic mass is 10.1. The van der Waals surface area contributed by atoms with Crippen molar-refractivity contribution in [3.8, 4) is 5.75 Å². The van der Waals surface area contributed by atoms with Crippen molar-refractivity contribution in [3.05, 3.63) is 29.6 Å². The highest BCUT2D eigenvalue weighted by molar-refractivity contribution is 7.47. The van der Waals surface area contributed by atoms with E-state index < -0.39 is 19.5 Å². The van der Waals surface area contributed by atoms with Crippen molar-refractivity contribution in [1.29, 1.82) is 0 Å². The minimum absolute atomic E-state index is 0.302. The van der Waals surface area contributed by atoms with Gasteiger partial charge in [0.25, 0.3) is 0 Å². The highest BCUT2D eigenvalue weighted by Gasteiger charge is 2.22. The minimum atomic E-state index is -5.18. The molecule has 1 aromatic carbocycles. The summed E-state index contributed by atoms with van der Waals surface area (Å²) in [4.78, 5) is 8.26. The number of hydrogen-bond acceptors (Lipinski definition) is 2. The molecular formula is C8H9F2O3P. The van der Waals surface area contributed by atoms with Gasteiger partial charge in [0.1, 0.15) is 0 Å². The van der Waals surface area contributed by atoms with Gasteiger partial charge in [-0.2, -0.15) is 0 Å². The van der Waals surface area contributed by atoms with Gasteiger partial charge in [-0.25, -0.2) is 8.96 Å². The molecule has 78 valence electrons. The molecule has 1 atom stereocenters. The van der Waals surface area contributed by atoms with Gasteiger partial charge in [-0.15, -0.1) is 4.20 Å². The Kier molecular flexibility index (Phi) is 3.24. The van der Waals surface area contributed by atoms with Gasteiger partial charge in [0.15, 0.2) is 11.6 Å². The van der Waals surface area contributed by atoms with Gasteiger partial charge in [-0.3, -0.25) is 4.89 Å². The maximum atomic E-state index is 13.3. The first-order valence-electron chi connectivity index (χ1n) is 3.93. The molecule has 3 nitrogen and oxygen atoms in total. The third kappa shape index (κ3) is 2.79. The summed E-state index contributed by atoms with van der Waals surface area (Å²) in [6, 6.07) is 4.01. The van der Waals surface area contributed by atoms with E-state index in [2.05, 4.69) is 4.52 Å². The van der Waals surface area contributed by atoms with Gasteiger partial charge in [0.2, 0.25) is 0 Å². The molecule has 1 rings (SSSR count). The molecule has 0 bridgehead atoms. The molecule has 14 heavy (non-hydrogen) atoms. The van der Waals surface area contributed by atoms with Crippen LogP contribution in [-0.2, 0) is 11.0 Å². The number of halogens is 2. The van der Waals surface area contributed by atoms with Crippen LogP contribution in [0.4, 0.5) is 8.59 Å². The molecule has 0 fully saturated rings. The molecule has 0 radical (unpaired) electrons. The molecule has 1 unspecified atom stereocenters. The van der Waals surface area contributed by atoms with Gasteiger partial charge in [-0.1, -0.05) is 19.1 Å². The number of rotatable bonds is 3. The van der Waals surface area contributed by atoms with Crippen LogP contribution in [0.2, 0.25) is 0 Å². The summed E-state index contributed by atoms with van der Waals surface area (Å²) in [5.41, 5.74) is 0.302. The van der Waals surface area contributed by atoms with Crippen LogP contribution in [0, 0.1) is 5.82 Å². The zero-order valence-corrected chi connectivity index (χ0v) is 8.30. The number of hydrogen-bond donors (Lipinski definition) is 1. The fourth-order valence-electron chi connectivity index (χ4n) is 1.02. The number of benzene rings is 1. The first kappa shape index (κ1) is 11.1. The molecule has 0 heterocycles. The Morgan fingerprint density at radius 1 is 1.57 bits per heavy atom. The van der Waals surface area contributed by atoms with E-state index in [-0.39, 0.29) is 0 Å². The fraction of sp³-hybridized carbons (Fsp3) is 0.250. The van der Waals surface area contributed by atoms with Crippen molar-refractivity contribution in [2.75, 3.05) is 0 Å². The summed E-state index contributed by atoms with van der Waals surface area (Å²) >= 11 is 0. The lowest BCUT2D eigenvalue weighted by Gasteiger charge is -2.07. The second kappa shape index (κ2) is 4.07. The Labute approximate surface area is 80.0 Å². The second-order valence-electron chi connectivity index (χ2n) is 2.63. The van der Waals surface area contributed by atoms with E-state index in [9.17, 15) is 13.2 Å². The molecule has 6 heteroatoms. The molecule has 0 aliphatic rings. The lowest BCUT2D eigenvalue weighted by Crippen LogP contribution is -1.94. The van der Waals surface area contributed by atoms with Crippen LogP contribution >= 0.6 is 7.91 Å². The SMILES string of the molecule is CCc1cccc(OP(=O)(O)F)c1F. The molecule has 0 aromatic heterocycles. The molecule has 0 amide bonds. The van der Waals surface area contributed by atoms with Crippen molar-refractivity contribution >= 4 is 7.91 Å². The van der Waals surface area contributed by atoms with Crippen LogP contribution in [-0.4, -0.2) is 4.89 Å². The quantitative estimate of drug-likeness (QED) is 0.800. The zero-order valence-electron chi connectivity index (χ0n) is 7.41. The third-order valence-corrected chi connectivity index (χ3v) is 2.06. The average Bonchev–Trinajstić information content (AvgIpc) is 2.06. The van der Waals surface area contributed by atoms with Crippen molar-refractivity contribution in [1.82, 2.24) is 0 Å². The van der Waals surface area contributed by atoms with Crippen molar-refractivity contribution in [2.24, 2.45) is 0 Å². The first-order valence-corrected chi connectivity index (χ1v) is 5.40. The van der Waals surface area contributed by atoms with Crippen LogP contribution in [0.5, 0.6) is 5.75 Å². The normalized spacial score (nSPS) is 14.9. The van der Waals surface area contributed by atoms with E-state index in [0.29, 0.717) is 12.0 Å². The molecule has 0 saturated heterocycles. The first-order chi connectivity index (χ1) is 6.44. The van der Waals surface area contributed by atoms with Crippen LogP contribution < -0.4 is 4.52 Å². The van der Waals surface area contributed by atoms with E-state index in [1.54, 1.807) is 6.92 Å². The van der Waals surface area contributed by atoms with Crippen LogP contribution in [0.15, 0.2) is 18.2 Å². The molecule has 0 aliphatic heterocycles. The lowest BCUT2D eigenvalue weighted by molar-refractivity contribution is 0.322. The van der Waals surface area contributed by atoms with Gasteiger partial charge >= 0.3 is 7.91 Å². The maximum Gasteiger partial charge on any atom is 0.567 e. The van der Waals surface area contributed by atoms with Crippen molar-refractivity contribution in [2.45, 2.75) is 13.3 Å². The van der Waals surface area contributed by atoms with Gasteiger partial charge in [-0.05, 0) is 18.1 Å². The molecular weight excluding hydrogens is 213 g/mol. The van der Waals surface area contributed by atoms with Gasteiger partial charge in [0, 0.05) is 0 Å². The number of aryl methyl sites for hydroxylation is 1. The van der Waals surface area contributed by atoms with E-state index in [4.69, 9.17) is 4.89 Å². The highest BCUT2D eigenvalue weighted by Crippen LogP contribution is 2.44. The van der Waals surface area contributed by atoms with Crippen molar-refractivity contribution in [3.63, 3.8) is 0 Å². The zero-order chi connectivity index (χ0) is 10.8. The predicted molar refractivity (Wildman–Crippen MR) is 47.3 cm³/mol. The monoisotopic (exact) mass is 222 g/mol. The van der Waals surface area contributed by atoms with Gasteiger partial charge in [0.05, 0.1) is 0 Å². The Morgan fingerprint density at radius 2 is 2.21 bits per heavy atom. The topological polar surface area (TPSA) is 46.5 Å². The summed E-state index contributed by atoms with van der Waals surface area (Å²) in [5.74, 6) is -1.35. The van der Waals surface area contributed by atoms with E-state index in [1.807, 2.05) is 0 Å². The molecule has 0 aliphatic carbocycles. The molecule has 1 N–H and O–H groups in total. The van der Waals surface area contributed by atoms with E-state index in [0.717, 1.165) is 6.07 Å². The smallest absolute Gasteiger partial charge is 0.398 e. The third-order valence-electron chi connectivity index (χ3n) is 1.64. The van der Waals surface area contributed by atoms with E-state index in [1.165, 1.54) is 12.1 Å². The van der Waals surface area contributed by atoms with Crippen molar-refractivity contribution < 1.29 is 22.6 Å². The largest absolute Gasteiger partial charge is 0.567 e.